The van der Waals surface area contributed by atoms with Gasteiger partial charge in [-0.1, -0.05) is 54.6 Å². The van der Waals surface area contributed by atoms with Crippen LogP contribution >= 0.6 is 0 Å². The molecule has 4 aliphatic rings. The van der Waals surface area contributed by atoms with Crippen molar-refractivity contribution in [1.82, 2.24) is 4.90 Å². The van der Waals surface area contributed by atoms with Crippen LogP contribution in [-0.4, -0.2) is 71.8 Å². The van der Waals surface area contributed by atoms with E-state index in [0.29, 0.717) is 32.5 Å². The van der Waals surface area contributed by atoms with Gasteiger partial charge in [-0.25, -0.2) is 0 Å². The summed E-state index contributed by atoms with van der Waals surface area (Å²) in [7, 11) is 0. The zero-order valence-corrected chi connectivity index (χ0v) is 21.9. The number of hydrogen-bond acceptors (Lipinski definition) is 6. The Hall–Kier alpha value is -3.49. The van der Waals surface area contributed by atoms with Crippen LogP contribution in [0.5, 0.6) is 0 Å². The standard InChI is InChI=1S/C31H34N2O6/c34-18-7-6-16-33-27-29(36)32(23-14-13-21-10-4-5-11-22(21)20-23)17-9-15-31(27)26(28(33)35)25-24(39-31)12-3-1-2-8-19-38-30(25)37/h3-5,9-15,20,24-27,34H,1-2,6-8,16-19H2/b12-3-/t24-,25+,26+,27?,31+/m1/s1. The molecule has 2 aromatic rings. The number of rotatable bonds is 5. The van der Waals surface area contributed by atoms with Crippen LogP contribution in [0.2, 0.25) is 0 Å². The van der Waals surface area contributed by atoms with Gasteiger partial charge in [-0.05, 0) is 55.0 Å². The van der Waals surface area contributed by atoms with Crippen LogP contribution in [-0.2, 0) is 23.9 Å². The van der Waals surface area contributed by atoms with Gasteiger partial charge in [0, 0.05) is 25.4 Å². The minimum Gasteiger partial charge on any atom is -0.465 e. The first-order valence-electron chi connectivity index (χ1n) is 14.0. The Kier molecular flexibility index (Phi) is 6.99. The zero-order valence-electron chi connectivity index (χ0n) is 21.9. The van der Waals surface area contributed by atoms with Gasteiger partial charge in [-0.2, -0.15) is 0 Å². The number of nitrogens with zero attached hydrogens (tertiary/aromatic N) is 2. The van der Waals surface area contributed by atoms with E-state index >= 15 is 0 Å². The van der Waals surface area contributed by atoms with Crippen LogP contribution in [0, 0.1) is 11.8 Å². The van der Waals surface area contributed by atoms with E-state index in [1.807, 2.05) is 66.8 Å². The second-order valence-electron chi connectivity index (χ2n) is 10.8. The highest BCUT2D eigenvalue weighted by atomic mass is 16.6. The first-order chi connectivity index (χ1) is 19.0. The van der Waals surface area contributed by atoms with E-state index in [9.17, 15) is 19.5 Å². The van der Waals surface area contributed by atoms with Crippen molar-refractivity contribution in [3.63, 3.8) is 0 Å². The number of anilines is 1. The van der Waals surface area contributed by atoms with Crippen LogP contribution in [0.1, 0.15) is 32.1 Å². The summed E-state index contributed by atoms with van der Waals surface area (Å²) < 4.78 is 12.3. The lowest BCUT2D eigenvalue weighted by Gasteiger charge is -2.35. The quantitative estimate of drug-likeness (QED) is 0.362. The third-order valence-electron chi connectivity index (χ3n) is 8.45. The summed E-state index contributed by atoms with van der Waals surface area (Å²) in [6.07, 6.45) is 10.5. The number of aliphatic hydroxyl groups is 1. The van der Waals surface area contributed by atoms with Gasteiger partial charge in [0.1, 0.15) is 17.6 Å². The van der Waals surface area contributed by atoms with E-state index in [2.05, 4.69) is 0 Å². The topological polar surface area (TPSA) is 96.4 Å². The Balaban J connectivity index is 1.42. The van der Waals surface area contributed by atoms with Crippen molar-refractivity contribution in [2.24, 2.45) is 11.8 Å². The Morgan fingerprint density at radius 2 is 1.82 bits per heavy atom. The Labute approximate surface area is 227 Å². The van der Waals surface area contributed by atoms with Gasteiger partial charge < -0.3 is 24.4 Å². The molecule has 2 saturated heterocycles. The van der Waals surface area contributed by atoms with Gasteiger partial charge in [-0.15, -0.1) is 0 Å². The van der Waals surface area contributed by atoms with E-state index in [-0.39, 0.29) is 18.4 Å². The predicted octanol–water partition coefficient (Wildman–Crippen LogP) is 3.38. The SMILES string of the molecule is O=C1OCCCC/C=C\[C@H]2O[C@]34C=CCN(c5ccc6ccccc6c5)C(=O)C3N(CCCCO)C(=O)[C@@H]4[C@@H]12. The highest BCUT2D eigenvalue weighted by Crippen LogP contribution is 2.53. The number of allylic oxidation sites excluding steroid dienone is 1. The van der Waals surface area contributed by atoms with Gasteiger partial charge in [-0.3, -0.25) is 14.4 Å². The van der Waals surface area contributed by atoms with E-state index in [1.54, 1.807) is 9.80 Å². The molecule has 1 spiro atoms. The molecular formula is C31H34N2O6. The molecule has 1 N–H and O–H groups in total. The Bertz CT molecular complexity index is 1340. The summed E-state index contributed by atoms with van der Waals surface area (Å²) in [5, 5.41) is 11.5. The summed E-state index contributed by atoms with van der Waals surface area (Å²) in [5.74, 6) is -2.66. The summed E-state index contributed by atoms with van der Waals surface area (Å²) in [6, 6.07) is 12.9. The van der Waals surface area contributed by atoms with Gasteiger partial charge in [0.15, 0.2) is 0 Å². The van der Waals surface area contributed by atoms with Gasteiger partial charge in [0.2, 0.25) is 5.91 Å². The van der Waals surface area contributed by atoms with Crippen molar-refractivity contribution >= 4 is 34.2 Å². The summed E-state index contributed by atoms with van der Waals surface area (Å²) in [4.78, 5) is 45.2. The Morgan fingerprint density at radius 3 is 2.67 bits per heavy atom. The third-order valence-corrected chi connectivity index (χ3v) is 8.45. The molecule has 4 aliphatic heterocycles. The van der Waals surface area contributed by atoms with Crippen molar-refractivity contribution in [2.45, 2.75) is 49.9 Å². The van der Waals surface area contributed by atoms with Crippen LogP contribution in [0.4, 0.5) is 5.69 Å². The molecule has 0 radical (unpaired) electrons. The normalized spacial score (nSPS) is 31.5. The third kappa shape index (κ3) is 4.36. The number of cyclic esters (lactones) is 1. The number of likely N-dealkylation sites (tertiary alicyclic amines) is 1. The maximum Gasteiger partial charge on any atom is 0.312 e. The van der Waals surface area contributed by atoms with E-state index < -0.39 is 35.6 Å². The average molecular weight is 531 g/mol. The lowest BCUT2D eigenvalue weighted by molar-refractivity contribution is -0.154. The number of unbranched alkanes of at least 4 members (excludes halogenated alkanes) is 1. The molecule has 5 atom stereocenters. The smallest absolute Gasteiger partial charge is 0.312 e. The maximum absolute atomic E-state index is 14.5. The predicted molar refractivity (Wildman–Crippen MR) is 146 cm³/mol. The van der Waals surface area contributed by atoms with Gasteiger partial charge in [0.25, 0.3) is 5.91 Å². The molecule has 6 rings (SSSR count). The molecule has 1 unspecified atom stereocenters. The van der Waals surface area contributed by atoms with Crippen LogP contribution in [0.25, 0.3) is 10.8 Å². The number of carbonyl (C=O) groups excluding carboxylic acids is 3. The molecule has 8 nitrogen and oxygen atoms in total. The van der Waals surface area contributed by atoms with E-state index in [4.69, 9.17) is 9.47 Å². The second kappa shape index (κ2) is 10.6. The number of fused-ring (bicyclic) bond motifs is 3. The summed E-state index contributed by atoms with van der Waals surface area (Å²) in [5.41, 5.74) is -0.547. The van der Waals surface area contributed by atoms with E-state index in [0.717, 1.165) is 35.7 Å². The first-order valence-corrected chi connectivity index (χ1v) is 14.0. The minimum absolute atomic E-state index is 0.00332. The fourth-order valence-electron chi connectivity index (χ4n) is 6.63. The number of esters is 1. The highest BCUT2D eigenvalue weighted by Gasteiger charge is 2.71. The van der Waals surface area contributed by atoms with E-state index in [1.165, 1.54) is 0 Å². The van der Waals surface area contributed by atoms with Gasteiger partial charge in [0.05, 0.1) is 18.6 Å². The van der Waals surface area contributed by atoms with Crippen molar-refractivity contribution in [2.75, 3.05) is 31.2 Å². The summed E-state index contributed by atoms with van der Waals surface area (Å²) >= 11 is 0. The molecular weight excluding hydrogens is 496 g/mol. The number of aliphatic hydroxyl groups excluding tert-OH is 1. The second-order valence-corrected chi connectivity index (χ2v) is 10.8. The molecule has 0 aromatic heterocycles. The largest absolute Gasteiger partial charge is 0.465 e. The van der Waals surface area contributed by atoms with Crippen LogP contribution in [0.3, 0.4) is 0 Å². The number of carbonyl (C=O) groups is 3. The Morgan fingerprint density at radius 1 is 0.974 bits per heavy atom. The molecule has 4 heterocycles. The molecule has 8 heteroatoms. The molecule has 0 saturated carbocycles. The number of ether oxygens (including phenoxy) is 2. The fraction of sp³-hybridized carbons (Fsp3) is 0.452. The zero-order chi connectivity index (χ0) is 27.0. The lowest BCUT2D eigenvalue weighted by atomic mass is 9.78. The molecule has 0 bridgehead atoms. The molecule has 2 fully saturated rings. The molecule has 39 heavy (non-hydrogen) atoms. The fourth-order valence-corrected chi connectivity index (χ4v) is 6.63. The highest BCUT2D eigenvalue weighted by molar-refractivity contribution is 6.06. The molecule has 0 aliphatic carbocycles. The summed E-state index contributed by atoms with van der Waals surface area (Å²) in [6.45, 7) is 0.910. The monoisotopic (exact) mass is 530 g/mol. The van der Waals surface area contributed by atoms with Crippen molar-refractivity contribution < 1.29 is 29.0 Å². The van der Waals surface area contributed by atoms with Crippen LogP contribution in [0.15, 0.2) is 66.8 Å². The number of benzene rings is 2. The van der Waals surface area contributed by atoms with Gasteiger partial charge >= 0.3 is 5.97 Å². The van der Waals surface area contributed by atoms with Crippen LogP contribution < -0.4 is 4.90 Å². The van der Waals surface area contributed by atoms with Crippen molar-refractivity contribution in [1.29, 1.82) is 0 Å². The minimum atomic E-state index is -1.29. The number of hydrogen-bond donors (Lipinski definition) is 1. The molecule has 2 amide bonds. The molecule has 204 valence electrons. The van der Waals surface area contributed by atoms with Crippen molar-refractivity contribution in [3.05, 3.63) is 66.8 Å². The first kappa shape index (κ1) is 25.8. The molecule has 2 aromatic carbocycles. The average Bonchev–Trinajstić information content (AvgIpc) is 3.33. The van der Waals surface area contributed by atoms with Crippen molar-refractivity contribution in [3.8, 4) is 0 Å². The lowest BCUT2D eigenvalue weighted by Crippen LogP contribution is -2.55. The number of amides is 2. The maximum atomic E-state index is 14.5.